The van der Waals surface area contributed by atoms with Gasteiger partial charge in [-0.2, -0.15) is 0 Å². The highest BCUT2D eigenvalue weighted by Gasteiger charge is 2.11. The Hall–Kier alpha value is -2.16. The van der Waals surface area contributed by atoms with Crippen molar-refractivity contribution in [3.8, 4) is 11.5 Å². The van der Waals surface area contributed by atoms with Crippen LogP contribution in [0, 0.1) is 0 Å². The first-order valence-corrected chi connectivity index (χ1v) is 7.45. The fraction of sp³-hybridized carbons (Fsp3) is 0.333. The molecule has 1 N–H and O–H groups in total. The summed E-state index contributed by atoms with van der Waals surface area (Å²) in [6.07, 6.45) is 0. The van der Waals surface area contributed by atoms with E-state index in [-0.39, 0.29) is 0 Å². The highest BCUT2D eigenvalue weighted by molar-refractivity contribution is 5.55. The van der Waals surface area contributed by atoms with E-state index in [4.69, 9.17) is 9.47 Å². The Balaban J connectivity index is 1.64. The topological polar surface area (TPSA) is 30.5 Å². The Kier molecular flexibility index (Phi) is 4.00. The van der Waals surface area contributed by atoms with Gasteiger partial charge in [-0.25, -0.2) is 0 Å². The number of anilines is 1. The lowest BCUT2D eigenvalue weighted by Gasteiger charge is -2.19. The molecule has 1 heterocycles. The molecule has 0 saturated heterocycles. The maximum Gasteiger partial charge on any atom is 0.163 e. The number of benzene rings is 2. The molecule has 3 heteroatoms. The van der Waals surface area contributed by atoms with Gasteiger partial charge in [-0.3, -0.25) is 0 Å². The monoisotopic (exact) mass is 283 g/mol. The summed E-state index contributed by atoms with van der Waals surface area (Å²) in [5.74, 6) is 2.22. The van der Waals surface area contributed by atoms with Crippen LogP contribution in [0.15, 0.2) is 42.5 Å². The van der Waals surface area contributed by atoms with Crippen LogP contribution in [0.3, 0.4) is 0 Å². The molecule has 0 bridgehead atoms. The summed E-state index contributed by atoms with van der Waals surface area (Å²) in [6.45, 7) is 6.47. The lowest BCUT2D eigenvalue weighted by Crippen LogP contribution is -2.15. The van der Waals surface area contributed by atoms with Gasteiger partial charge in [0.05, 0.1) is 0 Å². The number of hydrogen-bond acceptors (Lipinski definition) is 3. The van der Waals surface area contributed by atoms with Gasteiger partial charge in [0.15, 0.2) is 11.5 Å². The standard InChI is InChI=1S/C18H21NO2/c1-13(2)15-5-3-14(4-6-15)12-19-16-7-8-17-18(11-16)21-10-9-20-17/h3-8,11,13,19H,9-10,12H2,1-2H3. The van der Waals surface area contributed by atoms with E-state index in [2.05, 4.69) is 43.4 Å². The second-order valence-electron chi connectivity index (χ2n) is 5.61. The van der Waals surface area contributed by atoms with Crippen molar-refractivity contribution in [3.05, 3.63) is 53.6 Å². The van der Waals surface area contributed by atoms with Gasteiger partial charge in [0.25, 0.3) is 0 Å². The van der Waals surface area contributed by atoms with E-state index in [1.165, 1.54) is 11.1 Å². The van der Waals surface area contributed by atoms with Crippen molar-refractivity contribution >= 4 is 5.69 Å². The van der Waals surface area contributed by atoms with Gasteiger partial charge in [-0.1, -0.05) is 38.1 Å². The average Bonchev–Trinajstić information content (AvgIpc) is 2.53. The Bertz CT molecular complexity index is 605. The molecule has 2 aromatic carbocycles. The van der Waals surface area contributed by atoms with Crippen molar-refractivity contribution < 1.29 is 9.47 Å². The van der Waals surface area contributed by atoms with E-state index in [9.17, 15) is 0 Å². The van der Waals surface area contributed by atoms with Gasteiger partial charge in [0.2, 0.25) is 0 Å². The molecule has 0 spiro atoms. The molecule has 0 aromatic heterocycles. The van der Waals surface area contributed by atoms with Crippen LogP contribution in [0.4, 0.5) is 5.69 Å². The van der Waals surface area contributed by atoms with Gasteiger partial charge >= 0.3 is 0 Å². The van der Waals surface area contributed by atoms with Crippen molar-refractivity contribution in [1.82, 2.24) is 0 Å². The number of fused-ring (bicyclic) bond motifs is 1. The van der Waals surface area contributed by atoms with E-state index in [1.54, 1.807) is 0 Å². The molecular formula is C18H21NO2. The first-order valence-electron chi connectivity index (χ1n) is 7.45. The summed E-state index contributed by atoms with van der Waals surface area (Å²) in [6, 6.07) is 14.7. The van der Waals surface area contributed by atoms with Crippen LogP contribution in [-0.2, 0) is 6.54 Å². The summed E-state index contributed by atoms with van der Waals surface area (Å²) in [4.78, 5) is 0. The summed E-state index contributed by atoms with van der Waals surface area (Å²) >= 11 is 0. The zero-order valence-electron chi connectivity index (χ0n) is 12.6. The van der Waals surface area contributed by atoms with Gasteiger partial charge < -0.3 is 14.8 Å². The van der Waals surface area contributed by atoms with Crippen LogP contribution in [0.5, 0.6) is 11.5 Å². The van der Waals surface area contributed by atoms with E-state index in [0.717, 1.165) is 23.7 Å². The highest BCUT2D eigenvalue weighted by atomic mass is 16.6. The normalized spacial score (nSPS) is 13.3. The molecule has 0 amide bonds. The molecule has 0 saturated carbocycles. The van der Waals surface area contributed by atoms with Crippen LogP contribution < -0.4 is 14.8 Å². The quantitative estimate of drug-likeness (QED) is 0.912. The zero-order valence-corrected chi connectivity index (χ0v) is 12.6. The fourth-order valence-corrected chi connectivity index (χ4v) is 2.38. The summed E-state index contributed by atoms with van der Waals surface area (Å²) in [5, 5.41) is 3.42. The largest absolute Gasteiger partial charge is 0.486 e. The first kappa shape index (κ1) is 13.8. The van der Waals surface area contributed by atoms with Gasteiger partial charge in [0.1, 0.15) is 13.2 Å². The van der Waals surface area contributed by atoms with Crippen LogP contribution in [0.2, 0.25) is 0 Å². The van der Waals surface area contributed by atoms with Crippen molar-refractivity contribution in [3.63, 3.8) is 0 Å². The van der Waals surface area contributed by atoms with Crippen LogP contribution >= 0.6 is 0 Å². The minimum absolute atomic E-state index is 0.574. The summed E-state index contributed by atoms with van der Waals surface area (Å²) in [5.41, 5.74) is 3.69. The molecular weight excluding hydrogens is 262 g/mol. The van der Waals surface area contributed by atoms with Crippen LogP contribution in [-0.4, -0.2) is 13.2 Å². The molecule has 2 aromatic rings. The highest BCUT2D eigenvalue weighted by Crippen LogP contribution is 2.32. The van der Waals surface area contributed by atoms with E-state index < -0.39 is 0 Å². The number of hydrogen-bond donors (Lipinski definition) is 1. The van der Waals surface area contributed by atoms with E-state index in [1.807, 2.05) is 18.2 Å². The van der Waals surface area contributed by atoms with Crippen molar-refractivity contribution in [2.45, 2.75) is 26.3 Å². The smallest absolute Gasteiger partial charge is 0.163 e. The lowest BCUT2D eigenvalue weighted by atomic mass is 10.0. The lowest BCUT2D eigenvalue weighted by molar-refractivity contribution is 0.171. The Morgan fingerprint density at radius 2 is 1.67 bits per heavy atom. The van der Waals surface area contributed by atoms with Crippen LogP contribution in [0.25, 0.3) is 0 Å². The number of nitrogens with one attached hydrogen (secondary N) is 1. The number of ether oxygens (including phenoxy) is 2. The molecule has 0 aliphatic carbocycles. The molecule has 0 radical (unpaired) electrons. The molecule has 21 heavy (non-hydrogen) atoms. The SMILES string of the molecule is CC(C)c1ccc(CNc2ccc3c(c2)OCCO3)cc1. The summed E-state index contributed by atoms with van der Waals surface area (Å²) in [7, 11) is 0. The first-order chi connectivity index (χ1) is 10.2. The molecule has 3 nitrogen and oxygen atoms in total. The third-order valence-electron chi connectivity index (χ3n) is 3.69. The minimum Gasteiger partial charge on any atom is -0.486 e. The Morgan fingerprint density at radius 3 is 2.38 bits per heavy atom. The molecule has 0 atom stereocenters. The zero-order chi connectivity index (χ0) is 14.7. The summed E-state index contributed by atoms with van der Waals surface area (Å²) < 4.78 is 11.1. The maximum atomic E-state index is 5.59. The second kappa shape index (κ2) is 6.08. The molecule has 0 unspecified atom stereocenters. The second-order valence-corrected chi connectivity index (χ2v) is 5.61. The number of rotatable bonds is 4. The predicted molar refractivity (Wildman–Crippen MR) is 85.3 cm³/mol. The van der Waals surface area contributed by atoms with Crippen molar-refractivity contribution in [1.29, 1.82) is 0 Å². The van der Waals surface area contributed by atoms with Crippen molar-refractivity contribution in [2.24, 2.45) is 0 Å². The third kappa shape index (κ3) is 3.30. The van der Waals surface area contributed by atoms with Crippen LogP contribution in [0.1, 0.15) is 30.9 Å². The molecule has 3 rings (SSSR count). The molecule has 110 valence electrons. The fourth-order valence-electron chi connectivity index (χ4n) is 2.38. The van der Waals surface area contributed by atoms with E-state index in [0.29, 0.717) is 19.1 Å². The predicted octanol–water partition coefficient (Wildman–Crippen LogP) is 4.19. The Morgan fingerprint density at radius 1 is 0.952 bits per heavy atom. The minimum atomic E-state index is 0.574. The molecule has 1 aliphatic heterocycles. The average molecular weight is 283 g/mol. The van der Waals surface area contributed by atoms with Gasteiger partial charge in [-0.15, -0.1) is 0 Å². The molecule has 1 aliphatic rings. The van der Waals surface area contributed by atoms with Gasteiger partial charge in [-0.05, 0) is 29.2 Å². The Labute approximate surface area is 125 Å². The van der Waals surface area contributed by atoms with E-state index >= 15 is 0 Å². The van der Waals surface area contributed by atoms with Crippen molar-refractivity contribution in [2.75, 3.05) is 18.5 Å². The maximum absolute atomic E-state index is 5.59. The molecule has 0 fully saturated rings. The third-order valence-corrected chi connectivity index (χ3v) is 3.69. The van der Waals surface area contributed by atoms with Gasteiger partial charge in [0, 0.05) is 18.3 Å².